The number of nitrogens with zero attached hydrogens (tertiary/aromatic N) is 1. The Balaban J connectivity index is 1.86. The van der Waals surface area contributed by atoms with Crippen LogP contribution < -0.4 is 9.62 Å². The van der Waals surface area contributed by atoms with Crippen molar-refractivity contribution in [1.82, 2.24) is 0 Å². The van der Waals surface area contributed by atoms with Gasteiger partial charge in [-0.2, -0.15) is 0 Å². The maximum absolute atomic E-state index is 12.9. The molecular formula is C23H24N2O3S. The highest BCUT2D eigenvalue weighted by molar-refractivity contribution is 7.92. The molecule has 0 spiro atoms. The van der Waals surface area contributed by atoms with Crippen molar-refractivity contribution in [2.24, 2.45) is 0 Å². The molecule has 3 rings (SSSR count). The smallest absolute Gasteiger partial charge is 0.264 e. The Hall–Kier alpha value is -3.12. The number of carbonyl (C=O) groups excluding carboxylic acids is 1. The highest BCUT2D eigenvalue weighted by atomic mass is 32.2. The molecule has 3 aromatic rings. The van der Waals surface area contributed by atoms with Crippen molar-refractivity contribution < 1.29 is 13.2 Å². The molecule has 5 nitrogen and oxygen atoms in total. The summed E-state index contributed by atoms with van der Waals surface area (Å²) in [5.41, 5.74) is 4.49. The molecule has 0 aliphatic carbocycles. The number of aryl methyl sites for hydroxylation is 3. The average Bonchev–Trinajstić information content (AvgIpc) is 2.70. The van der Waals surface area contributed by atoms with E-state index in [1.54, 1.807) is 55.5 Å². The predicted octanol–water partition coefficient (Wildman–Crippen LogP) is 4.69. The van der Waals surface area contributed by atoms with E-state index >= 15 is 0 Å². The number of benzene rings is 3. The largest absolute Gasteiger partial charge is 0.322 e. The fourth-order valence-electron chi connectivity index (χ4n) is 3.10. The molecule has 6 heteroatoms. The van der Waals surface area contributed by atoms with Crippen molar-refractivity contribution in [2.75, 3.05) is 16.7 Å². The molecule has 0 fully saturated rings. The van der Waals surface area contributed by atoms with Gasteiger partial charge in [0.25, 0.3) is 15.9 Å². The maximum Gasteiger partial charge on any atom is 0.264 e. The van der Waals surface area contributed by atoms with Crippen LogP contribution >= 0.6 is 0 Å². The van der Waals surface area contributed by atoms with Crippen LogP contribution in [0.3, 0.4) is 0 Å². The highest BCUT2D eigenvalue weighted by Crippen LogP contribution is 2.26. The summed E-state index contributed by atoms with van der Waals surface area (Å²) in [6.07, 6.45) is 0. The van der Waals surface area contributed by atoms with E-state index in [1.165, 1.54) is 11.4 Å². The molecule has 0 aromatic heterocycles. The first-order valence-electron chi connectivity index (χ1n) is 9.23. The van der Waals surface area contributed by atoms with Gasteiger partial charge in [0.1, 0.15) is 0 Å². The van der Waals surface area contributed by atoms with Gasteiger partial charge >= 0.3 is 0 Å². The van der Waals surface area contributed by atoms with Gasteiger partial charge in [-0.3, -0.25) is 9.10 Å². The molecule has 0 aliphatic heterocycles. The second-order valence-electron chi connectivity index (χ2n) is 7.06. The molecule has 1 N–H and O–H groups in total. The first-order chi connectivity index (χ1) is 13.7. The van der Waals surface area contributed by atoms with Gasteiger partial charge in [0.15, 0.2) is 0 Å². The minimum Gasteiger partial charge on any atom is -0.322 e. The van der Waals surface area contributed by atoms with Crippen LogP contribution in [0.1, 0.15) is 27.0 Å². The maximum atomic E-state index is 12.9. The van der Waals surface area contributed by atoms with E-state index in [9.17, 15) is 13.2 Å². The summed E-state index contributed by atoms with van der Waals surface area (Å²) in [6.45, 7) is 5.70. The van der Waals surface area contributed by atoms with Gasteiger partial charge in [0, 0.05) is 18.3 Å². The quantitative estimate of drug-likeness (QED) is 0.666. The van der Waals surface area contributed by atoms with Crippen molar-refractivity contribution in [2.45, 2.75) is 25.7 Å². The Morgan fingerprint density at radius 3 is 2.21 bits per heavy atom. The molecule has 0 atom stereocenters. The summed E-state index contributed by atoms with van der Waals surface area (Å²) in [6, 6.07) is 19.2. The molecule has 0 aliphatic rings. The van der Waals surface area contributed by atoms with Crippen molar-refractivity contribution in [3.8, 4) is 0 Å². The molecular weight excluding hydrogens is 384 g/mol. The van der Waals surface area contributed by atoms with Crippen LogP contribution in [0.2, 0.25) is 0 Å². The lowest BCUT2D eigenvalue weighted by molar-refractivity contribution is 0.102. The monoisotopic (exact) mass is 408 g/mol. The minimum atomic E-state index is -3.67. The van der Waals surface area contributed by atoms with Crippen LogP contribution in [0.15, 0.2) is 71.6 Å². The molecule has 1 amide bonds. The minimum absolute atomic E-state index is 0.221. The number of nitrogens with one attached hydrogen (secondary N) is 1. The number of hydrogen-bond donors (Lipinski definition) is 1. The van der Waals surface area contributed by atoms with Crippen LogP contribution in [0.25, 0.3) is 0 Å². The van der Waals surface area contributed by atoms with Crippen LogP contribution in [-0.2, 0) is 10.0 Å². The van der Waals surface area contributed by atoms with E-state index < -0.39 is 10.0 Å². The van der Waals surface area contributed by atoms with E-state index in [-0.39, 0.29) is 10.8 Å². The van der Waals surface area contributed by atoms with Gasteiger partial charge in [0.2, 0.25) is 0 Å². The third-order valence-corrected chi connectivity index (χ3v) is 6.63. The van der Waals surface area contributed by atoms with Gasteiger partial charge in [-0.1, -0.05) is 30.3 Å². The summed E-state index contributed by atoms with van der Waals surface area (Å²) in [5, 5.41) is 2.93. The Morgan fingerprint density at radius 2 is 1.55 bits per heavy atom. The lowest BCUT2D eigenvalue weighted by atomic mass is 10.1. The Morgan fingerprint density at radius 1 is 0.862 bits per heavy atom. The lowest BCUT2D eigenvalue weighted by Crippen LogP contribution is -2.27. The summed E-state index contributed by atoms with van der Waals surface area (Å²) >= 11 is 0. The predicted molar refractivity (Wildman–Crippen MR) is 117 cm³/mol. The molecule has 150 valence electrons. The molecule has 0 unspecified atom stereocenters. The normalized spacial score (nSPS) is 11.2. The third kappa shape index (κ3) is 4.32. The van der Waals surface area contributed by atoms with Crippen molar-refractivity contribution in [3.05, 3.63) is 89.0 Å². The SMILES string of the molecule is Cc1ccc(C)c(NC(=O)c2ccc(N(C)S(=O)(=O)c3ccccc3)c(C)c2)c1. The first-order valence-corrected chi connectivity index (χ1v) is 10.7. The first kappa shape index (κ1) is 20.6. The molecule has 0 saturated carbocycles. The topological polar surface area (TPSA) is 66.5 Å². The number of sulfonamides is 1. The molecule has 3 aromatic carbocycles. The summed E-state index contributed by atoms with van der Waals surface area (Å²) in [7, 11) is -2.16. The highest BCUT2D eigenvalue weighted by Gasteiger charge is 2.22. The van der Waals surface area contributed by atoms with Crippen molar-refractivity contribution in [3.63, 3.8) is 0 Å². The zero-order chi connectivity index (χ0) is 21.2. The van der Waals surface area contributed by atoms with Gasteiger partial charge in [-0.15, -0.1) is 0 Å². The third-order valence-electron chi connectivity index (χ3n) is 4.84. The zero-order valence-electron chi connectivity index (χ0n) is 16.9. The molecule has 0 saturated heterocycles. The fourth-order valence-corrected chi connectivity index (χ4v) is 4.38. The van der Waals surface area contributed by atoms with Crippen LogP contribution in [0.4, 0.5) is 11.4 Å². The fraction of sp³-hybridized carbons (Fsp3) is 0.174. The summed E-state index contributed by atoms with van der Waals surface area (Å²) in [4.78, 5) is 12.9. The number of rotatable bonds is 5. The Bertz CT molecular complexity index is 1160. The number of amides is 1. The molecule has 0 bridgehead atoms. The number of anilines is 2. The number of carbonyl (C=O) groups is 1. The standard InChI is InChI=1S/C23H24N2O3S/c1-16-10-11-17(2)21(14-16)24-23(26)19-12-13-22(18(3)15-19)25(4)29(27,28)20-8-6-5-7-9-20/h5-15H,1-4H3,(H,24,26). The van der Waals surface area contributed by atoms with Crippen LogP contribution in [0.5, 0.6) is 0 Å². The van der Waals surface area contributed by atoms with Crippen LogP contribution in [0, 0.1) is 20.8 Å². The van der Waals surface area contributed by atoms with Gasteiger partial charge in [-0.25, -0.2) is 8.42 Å². The Labute approximate surface area is 172 Å². The second-order valence-corrected chi connectivity index (χ2v) is 9.03. The molecule has 0 radical (unpaired) electrons. The van der Waals surface area contributed by atoms with E-state index in [4.69, 9.17) is 0 Å². The van der Waals surface area contributed by atoms with Gasteiger partial charge < -0.3 is 5.32 Å². The van der Waals surface area contributed by atoms with E-state index in [2.05, 4.69) is 5.32 Å². The average molecular weight is 409 g/mol. The van der Waals surface area contributed by atoms with Gasteiger partial charge in [-0.05, 0) is 73.9 Å². The lowest BCUT2D eigenvalue weighted by Gasteiger charge is -2.22. The zero-order valence-corrected chi connectivity index (χ0v) is 17.7. The molecule has 29 heavy (non-hydrogen) atoms. The summed E-state index contributed by atoms with van der Waals surface area (Å²) < 4.78 is 27.0. The van der Waals surface area contributed by atoms with E-state index in [0.29, 0.717) is 16.8 Å². The van der Waals surface area contributed by atoms with Crippen LogP contribution in [-0.4, -0.2) is 21.4 Å². The van der Waals surface area contributed by atoms with Crippen molar-refractivity contribution >= 4 is 27.3 Å². The van der Waals surface area contributed by atoms with Crippen molar-refractivity contribution in [1.29, 1.82) is 0 Å². The Kier molecular flexibility index (Phi) is 5.75. The second kappa shape index (κ2) is 8.09. The van der Waals surface area contributed by atoms with Gasteiger partial charge in [0.05, 0.1) is 10.6 Å². The van der Waals surface area contributed by atoms with E-state index in [1.807, 2.05) is 32.0 Å². The number of hydrogen-bond acceptors (Lipinski definition) is 3. The molecule has 0 heterocycles. The summed E-state index contributed by atoms with van der Waals surface area (Å²) in [5.74, 6) is -0.234. The van der Waals surface area contributed by atoms with E-state index in [0.717, 1.165) is 16.8 Å².